The van der Waals surface area contributed by atoms with Crippen LogP contribution in [0.2, 0.25) is 0 Å². The van der Waals surface area contributed by atoms with E-state index in [0.717, 1.165) is 6.07 Å². The van der Waals surface area contributed by atoms with Crippen molar-refractivity contribution in [3.05, 3.63) is 36.0 Å². The molecule has 31 heteroatoms. The van der Waals surface area contributed by atoms with E-state index in [1.165, 1.54) is 6.92 Å². The van der Waals surface area contributed by atoms with Gasteiger partial charge < -0.3 is 65.7 Å². The van der Waals surface area contributed by atoms with Crippen LogP contribution in [0.15, 0.2) is 45.0 Å². The molecule has 0 bridgehead atoms. The summed E-state index contributed by atoms with van der Waals surface area (Å²) in [6, 6.07) is 1.20. The van der Waals surface area contributed by atoms with Crippen LogP contribution in [0.5, 0.6) is 11.9 Å². The second kappa shape index (κ2) is 22.3. The van der Waals surface area contributed by atoms with E-state index in [2.05, 4.69) is 31.2 Å². The van der Waals surface area contributed by atoms with Crippen molar-refractivity contribution in [2.75, 3.05) is 51.4 Å². The van der Waals surface area contributed by atoms with E-state index in [-0.39, 0.29) is 39.1 Å². The Balaban J connectivity index is 1.20. The zero-order valence-corrected chi connectivity index (χ0v) is 36.1. The summed E-state index contributed by atoms with van der Waals surface area (Å²) < 4.78 is 122. The van der Waals surface area contributed by atoms with E-state index in [1.807, 2.05) is 0 Å². The van der Waals surface area contributed by atoms with E-state index >= 15 is 0 Å². The fourth-order valence-corrected chi connectivity index (χ4v) is 7.78. The van der Waals surface area contributed by atoms with Crippen molar-refractivity contribution in [2.45, 2.75) is 71.2 Å². The number of ether oxygens (including phenoxy) is 4. The minimum atomic E-state index is -5.28. The Morgan fingerprint density at radius 1 is 0.754 bits per heavy atom. The normalized spacial score (nSPS) is 19.6. The maximum Gasteiger partial charge on any atom is 0.317 e. The van der Waals surface area contributed by atoms with Crippen molar-refractivity contribution >= 4 is 70.4 Å². The minimum absolute atomic E-state index is 0.0636. The van der Waals surface area contributed by atoms with E-state index in [9.17, 15) is 83.6 Å². The van der Waals surface area contributed by atoms with Crippen molar-refractivity contribution in [2.24, 2.45) is 0 Å². The monoisotopic (exact) mass is 984 g/mol. The van der Waals surface area contributed by atoms with Gasteiger partial charge in [0.1, 0.15) is 42.1 Å². The first-order valence-electron chi connectivity index (χ1n) is 18.7. The molecule has 0 aliphatic carbocycles. The first-order chi connectivity index (χ1) is 30.2. The number of aliphatic hydroxyl groups is 3. The minimum Gasteiger partial charge on any atom is -0.493 e. The van der Waals surface area contributed by atoms with Gasteiger partial charge in [0.15, 0.2) is 6.29 Å². The van der Waals surface area contributed by atoms with Crippen LogP contribution in [0.25, 0.3) is 10.8 Å². The molecule has 65 heavy (non-hydrogen) atoms. The summed E-state index contributed by atoms with van der Waals surface area (Å²) in [5, 5.41) is 58.0. The molecule has 6 atom stereocenters. The number of nitrogens with one attached hydrogen (secondary N) is 4. The number of benzene rings is 2. The summed E-state index contributed by atoms with van der Waals surface area (Å²) >= 11 is 0. The molecule has 1 aromatic heterocycles. The predicted octanol–water partition coefficient (Wildman–Crippen LogP) is -3.59. The average Bonchev–Trinajstić information content (AvgIpc) is 3.20. The highest BCUT2D eigenvalue weighted by molar-refractivity contribution is 7.87. The first-order valence-corrected chi connectivity index (χ1v) is 23.0. The third-order valence-corrected chi connectivity index (χ3v) is 11.5. The first kappa shape index (κ1) is 52.3. The van der Waals surface area contributed by atoms with Gasteiger partial charge in [-0.3, -0.25) is 32.8 Å². The Labute approximate surface area is 368 Å². The highest BCUT2D eigenvalue weighted by Crippen LogP contribution is 2.35. The number of aromatic nitrogens is 2. The van der Waals surface area contributed by atoms with Gasteiger partial charge in [-0.25, -0.2) is 0 Å². The number of hydrogen-bond acceptors (Lipinski definition) is 21. The number of aromatic hydroxyl groups is 2. The smallest absolute Gasteiger partial charge is 0.317 e. The van der Waals surface area contributed by atoms with Crippen LogP contribution >= 0.6 is 0 Å². The Morgan fingerprint density at radius 3 is 1.92 bits per heavy atom. The Bertz CT molecular complexity index is 2560. The lowest BCUT2D eigenvalue weighted by molar-refractivity contribution is -0.294. The highest BCUT2D eigenvalue weighted by Gasteiger charge is 2.42. The zero-order chi connectivity index (χ0) is 48.4. The molecule has 0 spiro atoms. The largest absolute Gasteiger partial charge is 0.493 e. The van der Waals surface area contributed by atoms with Gasteiger partial charge in [0.25, 0.3) is 36.3 Å². The number of anilines is 1. The molecule has 360 valence electrons. The quantitative estimate of drug-likeness (QED) is 0.0342. The van der Waals surface area contributed by atoms with Gasteiger partial charge in [0.05, 0.1) is 47.4 Å². The van der Waals surface area contributed by atoms with Crippen molar-refractivity contribution in [3.8, 4) is 11.9 Å². The topological polar surface area (TPSA) is 443 Å². The fourth-order valence-electron chi connectivity index (χ4n) is 5.86. The summed E-state index contributed by atoms with van der Waals surface area (Å²) in [5.74, 6) is -3.84. The molecule has 1 aliphatic heterocycles. The fraction of sp³-hybridized carbons (Fsp3) is 0.471. The van der Waals surface area contributed by atoms with Gasteiger partial charge in [0.2, 0.25) is 23.6 Å². The molecule has 2 heterocycles. The van der Waals surface area contributed by atoms with Crippen molar-refractivity contribution < 1.29 is 103 Å². The molecule has 3 aromatic rings. The molecule has 4 rings (SSSR count). The highest BCUT2D eigenvalue weighted by atomic mass is 32.2. The predicted molar refractivity (Wildman–Crippen MR) is 214 cm³/mol. The van der Waals surface area contributed by atoms with Crippen LogP contribution in [0.4, 0.5) is 5.69 Å². The second-order valence-corrected chi connectivity index (χ2v) is 18.1. The molecule has 4 amide bonds. The van der Waals surface area contributed by atoms with Gasteiger partial charge >= 0.3 is 6.01 Å². The summed E-state index contributed by atoms with van der Waals surface area (Å²) in [7, 11) is -15.4. The van der Waals surface area contributed by atoms with Crippen LogP contribution in [-0.2, 0) is 63.7 Å². The Morgan fingerprint density at radius 2 is 1.34 bits per heavy atom. The van der Waals surface area contributed by atoms with Crippen LogP contribution in [-0.4, -0.2) is 181 Å². The van der Waals surface area contributed by atoms with Gasteiger partial charge in [-0.1, -0.05) is 0 Å². The number of carbonyl (C=O) groups is 4. The molecule has 6 unspecified atom stereocenters. The van der Waals surface area contributed by atoms with Crippen LogP contribution in [0.3, 0.4) is 0 Å². The summed E-state index contributed by atoms with van der Waals surface area (Å²) in [4.78, 5) is 53.9. The van der Waals surface area contributed by atoms with Crippen LogP contribution < -0.4 is 21.3 Å². The number of hydrogen-bond donors (Lipinski definition) is 12. The molecule has 12 N–H and O–H groups in total. The molecule has 1 fully saturated rings. The number of rotatable bonds is 22. The third kappa shape index (κ3) is 15.4. The number of amides is 4. The number of nitrogens with zero attached hydrogens (tertiary/aromatic N) is 2. The Kier molecular flexibility index (Phi) is 17.9. The Hall–Kier alpha value is -5.29. The van der Waals surface area contributed by atoms with Crippen LogP contribution in [0.1, 0.15) is 30.3 Å². The van der Waals surface area contributed by atoms with Crippen LogP contribution in [0, 0.1) is 0 Å². The molecule has 0 radical (unpaired) electrons. The molecular weight excluding hydrogens is 941 g/mol. The van der Waals surface area contributed by atoms with Crippen molar-refractivity contribution in [3.63, 3.8) is 0 Å². The third-order valence-electron chi connectivity index (χ3n) is 8.97. The van der Waals surface area contributed by atoms with Gasteiger partial charge in [-0.15, -0.1) is 0 Å². The molecule has 2 aromatic carbocycles. The lowest BCUT2D eigenvalue weighted by atomic mass is 10.00. The molecular formula is C34H44N6O22S3. The summed E-state index contributed by atoms with van der Waals surface area (Å²) in [6.45, 7) is -0.935. The molecule has 28 nitrogen and oxygen atoms in total. The molecule has 1 saturated heterocycles. The number of fused-ring (bicyclic) bond motifs is 1. The SMILES string of the molecule is CC1OC(OCC(CCC(=O)NCCNC(=O)COCCOCC(=O)Nc2cc(S(=O)(=O)O)cc3cc(S(=O)(=O)O)cc(S(=O)(=O)O)c23)NC(=O)c2cc(O)nc(O)n2)C(O)C(O)C1O. The molecule has 1 aliphatic rings. The standard InChI is InChI=1S/C34H44N6O22S3/c1-16-29(45)30(46)31(47)33(62-16)61-13-18(37-32(48)22-12-25(42)40-34(49)39-22)2-3-24(41)35-4-5-36-26(43)14-59-6-7-60-15-27(44)38-21-10-19(63(50,51)52)8-17-9-20(64(53,54)55)11-23(28(17)21)65(56,57)58/h8-12,16,18,29-31,33,45-47H,2-7,13-15H2,1H3,(H,35,41)(H,36,43)(H,37,48)(H,38,44)(H,50,51,52)(H,53,54,55)(H,56,57,58)(H2,39,40,42,49). The van der Waals surface area contributed by atoms with Crippen molar-refractivity contribution in [1.29, 1.82) is 0 Å². The van der Waals surface area contributed by atoms with E-state index in [4.69, 9.17) is 18.9 Å². The van der Waals surface area contributed by atoms with E-state index < -0.39 is 159 Å². The number of aliphatic hydroxyl groups excluding tert-OH is 3. The second-order valence-electron chi connectivity index (χ2n) is 13.9. The molecule has 0 saturated carbocycles. The zero-order valence-electron chi connectivity index (χ0n) is 33.6. The lowest BCUT2D eigenvalue weighted by Gasteiger charge is -2.39. The van der Waals surface area contributed by atoms with Gasteiger partial charge in [-0.05, 0) is 43.0 Å². The maximum absolute atomic E-state index is 12.8. The lowest BCUT2D eigenvalue weighted by Crippen LogP contribution is -2.57. The number of carbonyl (C=O) groups excluding carboxylic acids is 4. The maximum atomic E-state index is 12.8. The summed E-state index contributed by atoms with van der Waals surface area (Å²) in [6.07, 6.45) is -7.39. The van der Waals surface area contributed by atoms with Gasteiger partial charge in [0, 0.05) is 31.0 Å². The average molecular weight is 985 g/mol. The van der Waals surface area contributed by atoms with Gasteiger partial charge in [-0.2, -0.15) is 35.2 Å². The summed E-state index contributed by atoms with van der Waals surface area (Å²) in [5.41, 5.74) is -1.07. The van der Waals surface area contributed by atoms with Crippen molar-refractivity contribution in [1.82, 2.24) is 25.9 Å². The van der Waals surface area contributed by atoms with E-state index in [1.54, 1.807) is 0 Å². The van der Waals surface area contributed by atoms with E-state index in [0.29, 0.717) is 24.3 Å².